The van der Waals surface area contributed by atoms with E-state index in [1.807, 2.05) is 25.1 Å². The van der Waals surface area contributed by atoms with Crippen molar-refractivity contribution in [3.8, 4) is 5.75 Å². The highest BCUT2D eigenvalue weighted by Crippen LogP contribution is 2.28. The fourth-order valence-electron chi connectivity index (χ4n) is 1.59. The second-order valence-corrected chi connectivity index (χ2v) is 3.96. The molecule has 0 atom stereocenters. The molecule has 0 bridgehead atoms. The smallest absolute Gasteiger partial charge is 0.226 e. The molecule has 0 aliphatic carbocycles. The van der Waals surface area contributed by atoms with Gasteiger partial charge in [-0.15, -0.1) is 0 Å². The lowest BCUT2D eigenvalue weighted by Crippen LogP contribution is -2.26. The number of rotatable bonds is 5. The van der Waals surface area contributed by atoms with E-state index in [1.54, 1.807) is 19.1 Å². The molecule has 0 radical (unpaired) electrons. The molecule has 0 spiro atoms. The molecule has 0 fully saturated rings. The maximum atomic E-state index is 11.8. The van der Waals surface area contributed by atoms with Gasteiger partial charge in [0.1, 0.15) is 5.75 Å². The van der Waals surface area contributed by atoms with E-state index in [9.17, 15) is 4.79 Å². The molecule has 1 amide bonds. The Morgan fingerprint density at radius 2 is 2.18 bits per heavy atom. The Labute approximate surface area is 102 Å². The monoisotopic (exact) mass is 237 g/mol. The summed E-state index contributed by atoms with van der Waals surface area (Å²) >= 11 is 0. The van der Waals surface area contributed by atoms with Crippen molar-refractivity contribution in [2.24, 2.45) is 0 Å². The average molecular weight is 237 g/mol. The van der Waals surface area contributed by atoms with E-state index in [4.69, 9.17) is 9.84 Å². The second kappa shape index (κ2) is 6.25. The number of nitrogens with zero attached hydrogens (tertiary/aromatic N) is 1. The van der Waals surface area contributed by atoms with Gasteiger partial charge < -0.3 is 14.7 Å². The molecule has 0 aliphatic heterocycles. The molecule has 4 heteroatoms. The number of methoxy groups -OCH3 is 1. The van der Waals surface area contributed by atoms with Crippen molar-refractivity contribution in [1.29, 1.82) is 0 Å². The van der Waals surface area contributed by atoms with Crippen molar-refractivity contribution >= 4 is 11.6 Å². The maximum Gasteiger partial charge on any atom is 0.226 e. The number of aliphatic hydroxyl groups is 1. The minimum absolute atomic E-state index is 0.0250. The molecule has 0 aromatic heterocycles. The Balaban J connectivity index is 2.90. The fourth-order valence-corrected chi connectivity index (χ4v) is 1.59. The quantitative estimate of drug-likeness (QED) is 0.848. The van der Waals surface area contributed by atoms with Crippen LogP contribution in [0.5, 0.6) is 5.75 Å². The lowest BCUT2D eigenvalue weighted by Gasteiger charge is -2.20. The summed E-state index contributed by atoms with van der Waals surface area (Å²) in [6, 6.07) is 5.70. The number of ether oxygens (including phenoxy) is 1. The first kappa shape index (κ1) is 13.5. The van der Waals surface area contributed by atoms with Crippen LogP contribution in [0.3, 0.4) is 0 Å². The van der Waals surface area contributed by atoms with Crippen molar-refractivity contribution in [3.05, 3.63) is 23.8 Å². The van der Waals surface area contributed by atoms with Gasteiger partial charge >= 0.3 is 0 Å². The first-order chi connectivity index (χ1) is 8.10. The molecule has 0 saturated heterocycles. The van der Waals surface area contributed by atoms with Crippen LogP contribution in [-0.4, -0.2) is 31.8 Å². The molecule has 1 rings (SSSR count). The van der Waals surface area contributed by atoms with Crippen LogP contribution in [0.15, 0.2) is 18.2 Å². The Kier molecular flexibility index (Phi) is 4.97. The van der Waals surface area contributed by atoms with Gasteiger partial charge in [-0.25, -0.2) is 0 Å². The van der Waals surface area contributed by atoms with Crippen LogP contribution in [-0.2, 0) is 4.79 Å². The van der Waals surface area contributed by atoms with Gasteiger partial charge in [-0.05, 0) is 31.0 Å². The molecule has 0 aliphatic rings. The molecule has 17 heavy (non-hydrogen) atoms. The van der Waals surface area contributed by atoms with Crippen LogP contribution in [0.4, 0.5) is 5.69 Å². The van der Waals surface area contributed by atoms with E-state index in [1.165, 1.54) is 0 Å². The number of aliphatic hydroxyl groups excluding tert-OH is 1. The van der Waals surface area contributed by atoms with Crippen molar-refractivity contribution in [2.45, 2.75) is 19.8 Å². The Morgan fingerprint density at radius 3 is 2.76 bits per heavy atom. The van der Waals surface area contributed by atoms with E-state index < -0.39 is 0 Å². The van der Waals surface area contributed by atoms with Crippen molar-refractivity contribution < 1.29 is 14.6 Å². The van der Waals surface area contributed by atoms with Crippen molar-refractivity contribution in [1.82, 2.24) is 0 Å². The molecule has 1 aromatic carbocycles. The maximum absolute atomic E-state index is 11.8. The molecule has 94 valence electrons. The topological polar surface area (TPSA) is 49.8 Å². The number of carbonyl (C=O) groups is 1. The van der Waals surface area contributed by atoms with Gasteiger partial charge in [-0.1, -0.05) is 6.07 Å². The first-order valence-corrected chi connectivity index (χ1v) is 5.62. The van der Waals surface area contributed by atoms with Crippen LogP contribution in [0.25, 0.3) is 0 Å². The number of benzene rings is 1. The predicted octanol–water partition coefficient (Wildman–Crippen LogP) is 1.74. The molecule has 0 heterocycles. The number of hydrogen-bond acceptors (Lipinski definition) is 3. The molecular formula is C13H19NO3. The van der Waals surface area contributed by atoms with Crippen molar-refractivity contribution in [2.75, 3.05) is 25.7 Å². The van der Waals surface area contributed by atoms with Gasteiger partial charge in [0.15, 0.2) is 0 Å². The third-order valence-electron chi connectivity index (χ3n) is 2.62. The van der Waals surface area contributed by atoms with Gasteiger partial charge in [-0.3, -0.25) is 4.79 Å². The van der Waals surface area contributed by atoms with E-state index in [0.717, 1.165) is 11.3 Å². The van der Waals surface area contributed by atoms with Crippen molar-refractivity contribution in [3.63, 3.8) is 0 Å². The highest BCUT2D eigenvalue weighted by molar-refractivity contribution is 5.94. The third kappa shape index (κ3) is 3.46. The lowest BCUT2D eigenvalue weighted by atomic mass is 10.2. The van der Waals surface area contributed by atoms with Gasteiger partial charge in [0.05, 0.1) is 12.8 Å². The summed E-state index contributed by atoms with van der Waals surface area (Å²) in [6.45, 7) is 2.00. The summed E-state index contributed by atoms with van der Waals surface area (Å²) in [5.74, 6) is 0.651. The molecule has 0 saturated carbocycles. The average Bonchev–Trinajstić information content (AvgIpc) is 2.34. The van der Waals surface area contributed by atoms with Gasteiger partial charge in [0.25, 0.3) is 0 Å². The fraction of sp³-hybridized carbons (Fsp3) is 0.462. The third-order valence-corrected chi connectivity index (χ3v) is 2.62. The van der Waals surface area contributed by atoms with Gasteiger partial charge in [0, 0.05) is 20.1 Å². The zero-order valence-electron chi connectivity index (χ0n) is 10.6. The zero-order valence-corrected chi connectivity index (χ0v) is 10.6. The Bertz CT molecular complexity index is 390. The standard InChI is InChI=1S/C13H19NO3/c1-10-6-7-12(17-3)11(9-10)14(2)13(16)5-4-8-15/h6-7,9,15H,4-5,8H2,1-3H3. The van der Waals surface area contributed by atoms with Crippen LogP contribution in [0.2, 0.25) is 0 Å². The summed E-state index contributed by atoms with van der Waals surface area (Å²) in [5.41, 5.74) is 1.83. The molecule has 1 aromatic rings. The van der Waals surface area contributed by atoms with E-state index >= 15 is 0 Å². The molecule has 4 nitrogen and oxygen atoms in total. The summed E-state index contributed by atoms with van der Waals surface area (Å²) in [4.78, 5) is 13.4. The summed E-state index contributed by atoms with van der Waals surface area (Å²) in [5, 5.41) is 8.72. The normalized spacial score (nSPS) is 10.1. The molecule has 1 N–H and O–H groups in total. The lowest BCUT2D eigenvalue weighted by molar-refractivity contribution is -0.118. The summed E-state index contributed by atoms with van der Waals surface area (Å²) in [6.07, 6.45) is 0.821. The minimum Gasteiger partial charge on any atom is -0.495 e. The highest BCUT2D eigenvalue weighted by atomic mass is 16.5. The number of aryl methyl sites for hydroxylation is 1. The summed E-state index contributed by atoms with van der Waals surface area (Å²) < 4.78 is 5.23. The first-order valence-electron chi connectivity index (χ1n) is 5.62. The predicted molar refractivity (Wildman–Crippen MR) is 67.5 cm³/mol. The number of carbonyl (C=O) groups excluding carboxylic acids is 1. The SMILES string of the molecule is COc1ccc(C)cc1N(C)C(=O)CCCO. The number of hydrogen-bond donors (Lipinski definition) is 1. The van der Waals surface area contributed by atoms with Crippen LogP contribution in [0, 0.1) is 6.92 Å². The Hall–Kier alpha value is -1.55. The van der Waals surface area contributed by atoms with Gasteiger partial charge in [0.2, 0.25) is 5.91 Å². The van der Waals surface area contributed by atoms with Crippen LogP contribution >= 0.6 is 0 Å². The van der Waals surface area contributed by atoms with E-state index in [2.05, 4.69) is 0 Å². The zero-order chi connectivity index (χ0) is 12.8. The van der Waals surface area contributed by atoms with Crippen LogP contribution < -0.4 is 9.64 Å². The second-order valence-electron chi connectivity index (χ2n) is 3.96. The van der Waals surface area contributed by atoms with E-state index in [-0.39, 0.29) is 12.5 Å². The minimum atomic E-state index is -0.0250. The summed E-state index contributed by atoms with van der Waals surface area (Å²) in [7, 11) is 3.30. The number of anilines is 1. The van der Waals surface area contributed by atoms with Gasteiger partial charge in [-0.2, -0.15) is 0 Å². The van der Waals surface area contributed by atoms with Crippen LogP contribution in [0.1, 0.15) is 18.4 Å². The highest BCUT2D eigenvalue weighted by Gasteiger charge is 2.14. The van der Waals surface area contributed by atoms with E-state index in [0.29, 0.717) is 18.6 Å². The molecular weight excluding hydrogens is 218 g/mol. The molecule has 0 unspecified atom stereocenters. The number of amides is 1. The Morgan fingerprint density at radius 1 is 1.47 bits per heavy atom. The largest absolute Gasteiger partial charge is 0.495 e.